The van der Waals surface area contributed by atoms with Gasteiger partial charge in [0.1, 0.15) is 0 Å². The van der Waals surface area contributed by atoms with Gasteiger partial charge in [-0.1, -0.05) is 73.5 Å². The highest BCUT2D eigenvalue weighted by Crippen LogP contribution is 2.33. The van der Waals surface area contributed by atoms with Gasteiger partial charge in [-0.25, -0.2) is 0 Å². The zero-order valence-corrected chi connectivity index (χ0v) is 20.4. The van der Waals surface area contributed by atoms with E-state index in [1.54, 1.807) is 12.1 Å². The van der Waals surface area contributed by atoms with Crippen LogP contribution in [0.4, 0.5) is 0 Å². The third kappa shape index (κ3) is 5.40. The number of aromatic nitrogens is 3. The van der Waals surface area contributed by atoms with Crippen LogP contribution in [0.25, 0.3) is 11.4 Å². The summed E-state index contributed by atoms with van der Waals surface area (Å²) >= 11 is 13.8. The fourth-order valence-corrected chi connectivity index (χ4v) is 6.24. The average molecular weight is 481 g/mol. The van der Waals surface area contributed by atoms with Crippen LogP contribution in [0.3, 0.4) is 0 Å². The summed E-state index contributed by atoms with van der Waals surface area (Å²) in [6.45, 7) is 0. The topological polar surface area (TPSA) is 51.0 Å². The molecule has 5 nitrogen and oxygen atoms in total. The second-order valence-corrected chi connectivity index (χ2v) is 10.4. The molecule has 0 aliphatic heterocycles. The predicted molar refractivity (Wildman–Crippen MR) is 128 cm³/mol. The molecule has 0 spiro atoms. The van der Waals surface area contributed by atoms with Crippen LogP contribution in [0.2, 0.25) is 10.0 Å². The SMILES string of the molecule is Cn1c(SCC(=O)N(C2CCCCC2)C2CCCCC2)nnc1-c1ccc(Cl)cc1Cl. The van der Waals surface area contributed by atoms with E-state index in [-0.39, 0.29) is 5.91 Å². The molecule has 1 amide bonds. The summed E-state index contributed by atoms with van der Waals surface area (Å²) in [5.74, 6) is 1.32. The molecule has 0 atom stereocenters. The van der Waals surface area contributed by atoms with Crippen LogP contribution >= 0.6 is 35.0 Å². The molecule has 8 heteroatoms. The van der Waals surface area contributed by atoms with Gasteiger partial charge in [0.15, 0.2) is 11.0 Å². The first-order valence-electron chi connectivity index (χ1n) is 11.3. The molecule has 0 radical (unpaired) electrons. The molecular formula is C23H30Cl2N4OS. The Morgan fingerprint density at radius 3 is 2.23 bits per heavy atom. The minimum atomic E-state index is 0.248. The maximum Gasteiger partial charge on any atom is 0.233 e. The molecule has 2 saturated carbocycles. The van der Waals surface area contributed by atoms with Gasteiger partial charge in [0.2, 0.25) is 5.91 Å². The van der Waals surface area contributed by atoms with Crippen LogP contribution in [0.15, 0.2) is 23.4 Å². The van der Waals surface area contributed by atoms with Crippen molar-refractivity contribution in [1.29, 1.82) is 0 Å². The van der Waals surface area contributed by atoms with Crippen LogP contribution in [-0.4, -0.2) is 43.4 Å². The largest absolute Gasteiger partial charge is 0.336 e. The molecule has 0 saturated heterocycles. The lowest BCUT2D eigenvalue weighted by atomic mass is 9.88. The van der Waals surface area contributed by atoms with Crippen LogP contribution in [0, 0.1) is 0 Å². The van der Waals surface area contributed by atoms with Gasteiger partial charge in [-0.3, -0.25) is 4.79 Å². The zero-order chi connectivity index (χ0) is 21.8. The normalized spacial score (nSPS) is 18.3. The summed E-state index contributed by atoms with van der Waals surface area (Å²) < 4.78 is 1.90. The molecule has 168 valence electrons. The van der Waals surface area contributed by atoms with Gasteiger partial charge in [-0.15, -0.1) is 10.2 Å². The molecule has 1 aromatic carbocycles. The maximum absolute atomic E-state index is 13.4. The molecule has 1 heterocycles. The van der Waals surface area contributed by atoms with Gasteiger partial charge in [0, 0.05) is 29.7 Å². The number of hydrogen-bond acceptors (Lipinski definition) is 4. The molecule has 0 unspecified atom stereocenters. The Labute approximate surface area is 198 Å². The second kappa shape index (κ2) is 10.6. The standard InChI is InChI=1S/C23H30Cl2N4OS/c1-28-22(19-13-12-16(24)14-20(19)25)26-27-23(28)31-15-21(30)29(17-8-4-2-5-9-17)18-10-6-3-7-11-18/h12-14,17-18H,2-11,15H2,1H3. The van der Waals surface area contributed by atoms with Crippen LogP contribution in [0.1, 0.15) is 64.2 Å². The van der Waals surface area contributed by atoms with Crippen molar-refractivity contribution in [2.24, 2.45) is 7.05 Å². The van der Waals surface area contributed by atoms with E-state index >= 15 is 0 Å². The van der Waals surface area contributed by atoms with Crippen molar-refractivity contribution < 1.29 is 4.79 Å². The summed E-state index contributed by atoms with van der Waals surface area (Å²) in [7, 11) is 1.91. The van der Waals surface area contributed by atoms with Crippen LogP contribution in [-0.2, 0) is 11.8 Å². The first-order chi connectivity index (χ1) is 15.0. The Balaban J connectivity index is 1.46. The van der Waals surface area contributed by atoms with Crippen LogP contribution < -0.4 is 0 Å². The monoisotopic (exact) mass is 480 g/mol. The average Bonchev–Trinajstić information content (AvgIpc) is 3.14. The highest BCUT2D eigenvalue weighted by molar-refractivity contribution is 7.99. The number of rotatable bonds is 6. The van der Waals surface area contributed by atoms with E-state index in [2.05, 4.69) is 15.1 Å². The minimum Gasteiger partial charge on any atom is -0.336 e. The summed E-state index contributed by atoms with van der Waals surface area (Å²) in [6, 6.07) is 6.17. The summed E-state index contributed by atoms with van der Waals surface area (Å²) in [5, 5.41) is 10.5. The fraction of sp³-hybridized carbons (Fsp3) is 0.609. The van der Waals surface area contributed by atoms with Crippen molar-refractivity contribution in [2.75, 3.05) is 5.75 Å². The smallest absolute Gasteiger partial charge is 0.233 e. The first kappa shape index (κ1) is 22.9. The highest BCUT2D eigenvalue weighted by atomic mass is 35.5. The lowest BCUT2D eigenvalue weighted by Crippen LogP contribution is -2.49. The molecule has 4 rings (SSSR count). The van der Waals surface area contributed by atoms with E-state index in [0.29, 0.717) is 33.7 Å². The molecule has 2 aliphatic rings. The first-order valence-corrected chi connectivity index (χ1v) is 13.1. The second-order valence-electron chi connectivity index (χ2n) is 8.66. The quantitative estimate of drug-likeness (QED) is 0.450. The van der Waals surface area contributed by atoms with Crippen molar-refractivity contribution >= 4 is 40.9 Å². The number of benzene rings is 1. The van der Waals surface area contributed by atoms with Crippen molar-refractivity contribution in [3.63, 3.8) is 0 Å². The van der Waals surface area contributed by atoms with E-state index in [4.69, 9.17) is 23.2 Å². The van der Waals surface area contributed by atoms with Crippen LogP contribution in [0.5, 0.6) is 0 Å². The Hall–Kier alpha value is -1.24. The Morgan fingerprint density at radius 1 is 1.03 bits per heavy atom. The lowest BCUT2D eigenvalue weighted by Gasteiger charge is -2.41. The van der Waals surface area contributed by atoms with Crippen molar-refractivity contribution in [2.45, 2.75) is 81.4 Å². The molecule has 31 heavy (non-hydrogen) atoms. The van der Waals surface area contributed by atoms with Gasteiger partial charge in [0.25, 0.3) is 0 Å². The van der Waals surface area contributed by atoms with E-state index in [1.807, 2.05) is 17.7 Å². The summed E-state index contributed by atoms with van der Waals surface area (Å²) in [4.78, 5) is 15.7. The van der Waals surface area contributed by atoms with Crippen molar-refractivity contribution in [1.82, 2.24) is 19.7 Å². The maximum atomic E-state index is 13.4. The third-order valence-corrected chi connectivity index (χ3v) is 8.11. The van der Waals surface area contributed by atoms with Gasteiger partial charge in [0.05, 0.1) is 10.8 Å². The lowest BCUT2D eigenvalue weighted by molar-refractivity contribution is -0.135. The number of carbonyl (C=O) groups excluding carboxylic acids is 1. The number of halogens is 2. The number of amides is 1. The molecule has 2 fully saturated rings. The number of hydrogen-bond donors (Lipinski definition) is 0. The highest BCUT2D eigenvalue weighted by Gasteiger charge is 2.32. The molecule has 2 aliphatic carbocycles. The molecule has 0 bridgehead atoms. The molecule has 1 aromatic heterocycles. The summed E-state index contributed by atoms with van der Waals surface area (Å²) in [5.41, 5.74) is 0.783. The van der Waals surface area contributed by atoms with Gasteiger partial charge in [-0.05, 0) is 43.9 Å². The molecule has 0 N–H and O–H groups in total. The van der Waals surface area contributed by atoms with E-state index in [9.17, 15) is 4.79 Å². The third-order valence-electron chi connectivity index (χ3n) is 6.56. The van der Waals surface area contributed by atoms with Gasteiger partial charge >= 0.3 is 0 Å². The summed E-state index contributed by atoms with van der Waals surface area (Å²) in [6.07, 6.45) is 12.1. The Kier molecular flexibility index (Phi) is 7.83. The molecule has 2 aromatic rings. The number of nitrogens with zero attached hydrogens (tertiary/aromatic N) is 4. The van der Waals surface area contributed by atoms with Gasteiger partial charge < -0.3 is 9.47 Å². The van der Waals surface area contributed by atoms with Gasteiger partial charge in [-0.2, -0.15) is 0 Å². The number of thioether (sulfide) groups is 1. The zero-order valence-electron chi connectivity index (χ0n) is 18.0. The van der Waals surface area contributed by atoms with E-state index < -0.39 is 0 Å². The molecular weight excluding hydrogens is 451 g/mol. The Bertz CT molecular complexity index is 889. The van der Waals surface area contributed by atoms with Crippen molar-refractivity contribution in [3.05, 3.63) is 28.2 Å². The Morgan fingerprint density at radius 2 is 1.65 bits per heavy atom. The predicted octanol–water partition coefficient (Wildman–Crippen LogP) is 6.38. The van der Waals surface area contributed by atoms with E-state index in [0.717, 1.165) is 36.4 Å². The van der Waals surface area contributed by atoms with Crippen molar-refractivity contribution in [3.8, 4) is 11.4 Å². The number of carbonyl (C=O) groups is 1. The minimum absolute atomic E-state index is 0.248. The van der Waals surface area contributed by atoms with E-state index in [1.165, 1.54) is 50.3 Å². The fourth-order valence-electron chi connectivity index (χ4n) is 4.97.